The molecule has 1 aromatic carbocycles. The van der Waals surface area contributed by atoms with Crippen LogP contribution in [0.25, 0.3) is 10.2 Å². The molecule has 1 aliphatic heterocycles. The summed E-state index contributed by atoms with van der Waals surface area (Å²) in [6, 6.07) is 7.08. The molecule has 1 aliphatic carbocycles. The average Bonchev–Trinajstić information content (AvgIpc) is 3.31. The number of hydrogen-bond acceptors (Lipinski definition) is 6. The number of carbonyl (C=O) groups is 1. The molecule has 2 aliphatic rings. The fourth-order valence-electron chi connectivity index (χ4n) is 4.43. The lowest BCUT2D eigenvalue weighted by Gasteiger charge is -2.29. The number of primary amides is 1. The highest BCUT2D eigenvalue weighted by atomic mass is 32.1. The van der Waals surface area contributed by atoms with Gasteiger partial charge in [0.2, 0.25) is 5.88 Å². The number of rotatable bonds is 5. The van der Waals surface area contributed by atoms with Gasteiger partial charge in [-0.05, 0) is 68.8 Å². The van der Waals surface area contributed by atoms with Gasteiger partial charge in [0.15, 0.2) is 0 Å². The lowest BCUT2D eigenvalue weighted by atomic mass is 9.99. The molecule has 1 amide bonds. The van der Waals surface area contributed by atoms with E-state index in [1.54, 1.807) is 29.5 Å². The molecule has 2 N–H and O–H groups in total. The van der Waals surface area contributed by atoms with Crippen LogP contribution in [0.5, 0.6) is 11.6 Å². The lowest BCUT2D eigenvalue weighted by molar-refractivity contribution is 0.0998. The van der Waals surface area contributed by atoms with E-state index in [-0.39, 0.29) is 0 Å². The number of aromatic nitrogens is 2. The number of carbonyl (C=O) groups excluding carboxylic acids is 1. The fraction of sp³-hybridized carbons (Fsp3) is 0.435. The molecule has 0 unspecified atom stereocenters. The first-order valence-electron chi connectivity index (χ1n) is 10.7. The van der Waals surface area contributed by atoms with Crippen molar-refractivity contribution in [1.29, 1.82) is 0 Å². The van der Waals surface area contributed by atoms with Gasteiger partial charge in [0.25, 0.3) is 5.91 Å². The van der Waals surface area contributed by atoms with E-state index in [0.29, 0.717) is 17.2 Å². The maximum absolute atomic E-state index is 11.9. The Morgan fingerprint density at radius 2 is 2.03 bits per heavy atom. The number of thiophene rings is 1. The summed E-state index contributed by atoms with van der Waals surface area (Å²) in [6.45, 7) is 5.18. The summed E-state index contributed by atoms with van der Waals surface area (Å²) in [4.78, 5) is 26.4. The predicted octanol–water partition coefficient (Wildman–Crippen LogP) is 4.30. The Labute approximate surface area is 180 Å². The first-order valence-corrected chi connectivity index (χ1v) is 11.5. The Kier molecular flexibility index (Phi) is 5.16. The third kappa shape index (κ3) is 3.68. The van der Waals surface area contributed by atoms with Gasteiger partial charge < -0.3 is 10.5 Å². The minimum atomic E-state index is -0.505. The second kappa shape index (κ2) is 7.96. The van der Waals surface area contributed by atoms with Crippen molar-refractivity contribution in [2.45, 2.75) is 45.6 Å². The number of ether oxygens (including phenoxy) is 1. The highest BCUT2D eigenvalue weighted by molar-refractivity contribution is 7.19. The zero-order chi connectivity index (χ0) is 20.7. The van der Waals surface area contributed by atoms with Crippen LogP contribution in [0.2, 0.25) is 0 Å². The SMILES string of the molecule is CC1CCN(Cc2nc(Oc3ccccc3C(N)=O)c3c4c(sc3n2)CCC4)CC1. The van der Waals surface area contributed by atoms with Gasteiger partial charge in [-0.15, -0.1) is 11.3 Å². The van der Waals surface area contributed by atoms with Gasteiger partial charge in [0.1, 0.15) is 16.4 Å². The average molecular weight is 423 g/mol. The highest BCUT2D eigenvalue weighted by Crippen LogP contribution is 2.42. The zero-order valence-corrected chi connectivity index (χ0v) is 18.0. The molecule has 0 atom stereocenters. The van der Waals surface area contributed by atoms with Crippen molar-refractivity contribution in [2.75, 3.05) is 13.1 Å². The maximum Gasteiger partial charge on any atom is 0.252 e. The third-order valence-corrected chi connectivity index (χ3v) is 7.36. The van der Waals surface area contributed by atoms with Crippen LogP contribution >= 0.6 is 11.3 Å². The van der Waals surface area contributed by atoms with E-state index in [1.165, 1.54) is 23.3 Å². The summed E-state index contributed by atoms with van der Waals surface area (Å²) in [7, 11) is 0. The first-order chi connectivity index (χ1) is 14.6. The van der Waals surface area contributed by atoms with Crippen molar-refractivity contribution < 1.29 is 9.53 Å². The standard InChI is InChI=1S/C23H26N4O2S/c1-14-9-11-27(12-10-14)13-19-25-22(29-17-7-3-2-5-15(17)21(24)28)20-16-6-4-8-18(16)30-23(20)26-19/h2-3,5,7,14H,4,6,8-13H2,1H3,(H2,24,28). The van der Waals surface area contributed by atoms with Crippen molar-refractivity contribution in [2.24, 2.45) is 11.7 Å². The lowest BCUT2D eigenvalue weighted by Crippen LogP contribution is -2.32. The molecular formula is C23H26N4O2S. The number of amides is 1. The van der Waals surface area contributed by atoms with Crippen LogP contribution in [0, 0.1) is 5.92 Å². The van der Waals surface area contributed by atoms with E-state index in [4.69, 9.17) is 20.4 Å². The molecule has 2 aromatic heterocycles. The van der Waals surface area contributed by atoms with Crippen molar-refractivity contribution in [3.8, 4) is 11.6 Å². The molecule has 6 nitrogen and oxygen atoms in total. The summed E-state index contributed by atoms with van der Waals surface area (Å²) in [5, 5.41) is 1.00. The number of piperidine rings is 1. The minimum absolute atomic E-state index is 0.364. The van der Waals surface area contributed by atoms with E-state index in [1.807, 2.05) is 6.07 Å². The van der Waals surface area contributed by atoms with Crippen LogP contribution in [0.1, 0.15) is 52.8 Å². The summed E-state index contributed by atoms with van der Waals surface area (Å²) in [5.74, 6) is 2.06. The molecule has 5 rings (SSSR count). The van der Waals surface area contributed by atoms with Crippen LogP contribution in [-0.4, -0.2) is 33.9 Å². The summed E-state index contributed by atoms with van der Waals surface area (Å²) < 4.78 is 6.25. The number of para-hydroxylation sites is 1. The van der Waals surface area contributed by atoms with E-state index in [0.717, 1.165) is 60.9 Å². The van der Waals surface area contributed by atoms with Crippen LogP contribution in [0.3, 0.4) is 0 Å². The quantitative estimate of drug-likeness (QED) is 0.663. The maximum atomic E-state index is 11.9. The monoisotopic (exact) mass is 422 g/mol. The molecule has 7 heteroatoms. The van der Waals surface area contributed by atoms with Crippen molar-refractivity contribution in [3.63, 3.8) is 0 Å². The second-order valence-electron chi connectivity index (χ2n) is 8.40. The molecule has 1 saturated heterocycles. The van der Waals surface area contributed by atoms with Crippen molar-refractivity contribution in [3.05, 3.63) is 46.1 Å². The molecule has 1 fully saturated rings. The second-order valence-corrected chi connectivity index (χ2v) is 9.49. The molecule has 30 heavy (non-hydrogen) atoms. The number of likely N-dealkylation sites (tertiary alicyclic amines) is 1. The van der Waals surface area contributed by atoms with Crippen LogP contribution in [0.15, 0.2) is 24.3 Å². The third-order valence-electron chi connectivity index (χ3n) is 6.18. The van der Waals surface area contributed by atoms with E-state index in [2.05, 4.69) is 11.8 Å². The van der Waals surface area contributed by atoms with Gasteiger partial charge in [-0.25, -0.2) is 4.98 Å². The van der Waals surface area contributed by atoms with Gasteiger partial charge in [-0.2, -0.15) is 4.98 Å². The van der Waals surface area contributed by atoms with Crippen LogP contribution in [-0.2, 0) is 19.4 Å². The van der Waals surface area contributed by atoms with Gasteiger partial charge in [0.05, 0.1) is 17.5 Å². The highest BCUT2D eigenvalue weighted by Gasteiger charge is 2.25. The minimum Gasteiger partial charge on any atom is -0.437 e. The summed E-state index contributed by atoms with van der Waals surface area (Å²) in [5.41, 5.74) is 7.23. The van der Waals surface area contributed by atoms with E-state index >= 15 is 0 Å². The first kappa shape index (κ1) is 19.5. The van der Waals surface area contributed by atoms with Gasteiger partial charge in [-0.3, -0.25) is 9.69 Å². The number of hydrogen-bond donors (Lipinski definition) is 1. The molecule has 0 bridgehead atoms. The topological polar surface area (TPSA) is 81.3 Å². The number of nitrogens with two attached hydrogens (primary N) is 1. The van der Waals surface area contributed by atoms with Gasteiger partial charge in [-0.1, -0.05) is 19.1 Å². The Hall–Kier alpha value is -2.51. The Morgan fingerprint density at radius 3 is 2.83 bits per heavy atom. The van der Waals surface area contributed by atoms with Crippen LogP contribution in [0.4, 0.5) is 0 Å². The number of nitrogens with zero attached hydrogens (tertiary/aromatic N) is 3. The molecule has 3 aromatic rings. The number of benzene rings is 1. The molecule has 3 heterocycles. The van der Waals surface area contributed by atoms with Crippen LogP contribution < -0.4 is 10.5 Å². The van der Waals surface area contributed by atoms with E-state index < -0.39 is 5.91 Å². The van der Waals surface area contributed by atoms with Crippen molar-refractivity contribution in [1.82, 2.24) is 14.9 Å². The molecule has 0 spiro atoms. The summed E-state index contributed by atoms with van der Waals surface area (Å²) in [6.07, 6.45) is 5.70. The number of fused-ring (bicyclic) bond motifs is 3. The van der Waals surface area contributed by atoms with Gasteiger partial charge in [0, 0.05) is 4.88 Å². The van der Waals surface area contributed by atoms with Gasteiger partial charge >= 0.3 is 0 Å². The predicted molar refractivity (Wildman–Crippen MR) is 118 cm³/mol. The smallest absolute Gasteiger partial charge is 0.252 e. The number of aryl methyl sites for hydroxylation is 2. The molecular weight excluding hydrogens is 396 g/mol. The molecule has 156 valence electrons. The molecule has 0 saturated carbocycles. The zero-order valence-electron chi connectivity index (χ0n) is 17.2. The van der Waals surface area contributed by atoms with E-state index in [9.17, 15) is 4.79 Å². The Bertz CT molecular complexity index is 1100. The summed E-state index contributed by atoms with van der Waals surface area (Å²) >= 11 is 1.76. The normalized spacial score (nSPS) is 17.4. The Morgan fingerprint density at radius 1 is 1.23 bits per heavy atom. The van der Waals surface area contributed by atoms with Crippen molar-refractivity contribution >= 4 is 27.5 Å². The Balaban J connectivity index is 1.54. The largest absolute Gasteiger partial charge is 0.437 e. The molecule has 0 radical (unpaired) electrons. The fourth-order valence-corrected chi connectivity index (χ4v) is 5.70.